The van der Waals surface area contributed by atoms with Gasteiger partial charge in [-0.1, -0.05) is 41.4 Å². The van der Waals surface area contributed by atoms with Crippen LogP contribution >= 0.6 is 23.2 Å². The van der Waals surface area contributed by atoms with Gasteiger partial charge in [0.25, 0.3) is 0 Å². The van der Waals surface area contributed by atoms with Crippen molar-refractivity contribution in [2.45, 2.75) is 31.8 Å². The van der Waals surface area contributed by atoms with Crippen LogP contribution in [0.2, 0.25) is 10.0 Å². The Labute approximate surface area is 270 Å². The van der Waals surface area contributed by atoms with Crippen molar-refractivity contribution in [2.75, 3.05) is 38.7 Å². The number of nitrogens with zero attached hydrogens (tertiary/aromatic N) is 3. The number of benzene rings is 1. The number of carbonyl (C=O) groups excluding carboxylic acids is 1. The fraction of sp³-hybridized carbons (Fsp3) is 0.312. The molecule has 1 atom stereocenters. The lowest BCUT2D eigenvalue weighted by Gasteiger charge is -2.16. The zero-order valence-corrected chi connectivity index (χ0v) is 26.2. The molecule has 4 aromatic rings. The highest BCUT2D eigenvalue weighted by molar-refractivity contribution is 6.39. The largest absolute Gasteiger partial charge is 0.481 e. The summed E-state index contributed by atoms with van der Waals surface area (Å²) in [4.78, 5) is 24.9. The molecule has 1 amide bonds. The van der Waals surface area contributed by atoms with E-state index in [9.17, 15) is 4.79 Å². The fourth-order valence-corrected chi connectivity index (χ4v) is 5.67. The van der Waals surface area contributed by atoms with E-state index < -0.39 is 5.82 Å². The number of aliphatic hydroxyl groups is 1. The smallest absolute Gasteiger partial charge is 0.220 e. The third kappa shape index (κ3) is 7.86. The van der Waals surface area contributed by atoms with E-state index in [1.807, 2.05) is 12.1 Å². The summed E-state index contributed by atoms with van der Waals surface area (Å²) in [5.74, 6) is 0.0985. The van der Waals surface area contributed by atoms with Gasteiger partial charge in [-0.25, -0.2) is 14.4 Å². The van der Waals surface area contributed by atoms with Gasteiger partial charge in [-0.15, -0.1) is 0 Å². The van der Waals surface area contributed by atoms with E-state index in [1.165, 1.54) is 6.20 Å². The standard InChI is InChI=1S/C32H34Cl2FN7O3/c1-45-32-20(17-37-18-21-6-8-26(44)40-21)5-7-24(42-32)22-11-14-38-30(28(22)34)23-3-2-4-25(27(23)33)41-31-29(35)19(10-13-39-31)9-12-36-15-16-43/h2-5,7,10-11,13-14,21,36-37,43H,6,8-9,12,15-18H2,1H3,(H,39,41)(H,40,44)/t21-/m0/s1. The number of rotatable bonds is 14. The Balaban J connectivity index is 1.35. The van der Waals surface area contributed by atoms with Gasteiger partial charge < -0.3 is 31.1 Å². The Morgan fingerprint density at radius 2 is 1.87 bits per heavy atom. The number of amides is 1. The van der Waals surface area contributed by atoms with Crippen LogP contribution in [-0.4, -0.2) is 65.4 Å². The molecule has 13 heteroatoms. The monoisotopic (exact) mass is 653 g/mol. The van der Waals surface area contributed by atoms with E-state index in [0.29, 0.717) is 88.7 Å². The third-order valence-electron chi connectivity index (χ3n) is 7.42. The number of nitrogens with one attached hydrogen (secondary N) is 4. The van der Waals surface area contributed by atoms with Crippen molar-refractivity contribution < 1.29 is 19.0 Å². The van der Waals surface area contributed by atoms with Gasteiger partial charge in [0.1, 0.15) is 0 Å². The van der Waals surface area contributed by atoms with Crippen molar-refractivity contribution in [1.82, 2.24) is 30.9 Å². The van der Waals surface area contributed by atoms with Gasteiger partial charge in [0.2, 0.25) is 11.8 Å². The van der Waals surface area contributed by atoms with Crippen molar-refractivity contribution in [3.05, 3.63) is 81.8 Å². The molecule has 3 aromatic heterocycles. The minimum atomic E-state index is -0.480. The maximum absolute atomic E-state index is 15.3. The van der Waals surface area contributed by atoms with Crippen LogP contribution in [-0.2, 0) is 17.8 Å². The maximum atomic E-state index is 15.3. The second-order valence-electron chi connectivity index (χ2n) is 10.5. The molecule has 0 unspecified atom stereocenters. The van der Waals surface area contributed by atoms with Crippen LogP contribution in [0.3, 0.4) is 0 Å². The Bertz CT molecular complexity index is 1660. The van der Waals surface area contributed by atoms with Crippen molar-refractivity contribution in [2.24, 2.45) is 0 Å². The predicted octanol–water partition coefficient (Wildman–Crippen LogP) is 4.90. The van der Waals surface area contributed by atoms with Gasteiger partial charge in [-0.05, 0) is 49.2 Å². The van der Waals surface area contributed by atoms with Crippen LogP contribution in [0.15, 0.2) is 54.9 Å². The highest BCUT2D eigenvalue weighted by Crippen LogP contribution is 2.40. The Hall–Kier alpha value is -3.87. The van der Waals surface area contributed by atoms with Crippen LogP contribution in [0.4, 0.5) is 15.9 Å². The molecule has 10 nitrogen and oxygen atoms in total. The first-order valence-corrected chi connectivity index (χ1v) is 15.3. The third-order valence-corrected chi connectivity index (χ3v) is 8.21. The molecular formula is C32H34Cl2FN7O3. The first-order chi connectivity index (χ1) is 21.9. The second kappa shape index (κ2) is 15.4. The molecule has 1 aliphatic heterocycles. The van der Waals surface area contributed by atoms with Crippen LogP contribution < -0.4 is 26.0 Å². The number of anilines is 2. The van der Waals surface area contributed by atoms with Gasteiger partial charge in [0.05, 0.1) is 40.8 Å². The van der Waals surface area contributed by atoms with Gasteiger partial charge in [0, 0.05) is 61.2 Å². The topological polar surface area (TPSA) is 133 Å². The number of carbonyl (C=O) groups is 1. The summed E-state index contributed by atoms with van der Waals surface area (Å²) in [6, 6.07) is 12.6. The quantitative estimate of drug-likeness (QED) is 0.121. The van der Waals surface area contributed by atoms with Crippen LogP contribution in [0.5, 0.6) is 5.88 Å². The number of aliphatic hydroxyl groups excluding tert-OH is 1. The van der Waals surface area contributed by atoms with Crippen LogP contribution in [0.25, 0.3) is 22.5 Å². The second-order valence-corrected chi connectivity index (χ2v) is 11.2. The van der Waals surface area contributed by atoms with Crippen molar-refractivity contribution in [3.8, 4) is 28.4 Å². The van der Waals surface area contributed by atoms with Crippen LogP contribution in [0.1, 0.15) is 24.0 Å². The molecule has 1 saturated heterocycles. The summed E-state index contributed by atoms with van der Waals surface area (Å²) in [7, 11) is 1.56. The zero-order valence-electron chi connectivity index (χ0n) is 24.7. The summed E-state index contributed by atoms with van der Waals surface area (Å²) in [5.41, 5.74) is 3.99. The lowest BCUT2D eigenvalue weighted by atomic mass is 10.1. The van der Waals surface area contributed by atoms with Gasteiger partial charge in [-0.2, -0.15) is 0 Å². The lowest BCUT2D eigenvalue weighted by Crippen LogP contribution is -2.35. The van der Waals surface area contributed by atoms with E-state index in [0.717, 1.165) is 12.0 Å². The van der Waals surface area contributed by atoms with Crippen LogP contribution in [0, 0.1) is 5.82 Å². The Kier molecular flexibility index (Phi) is 11.1. The molecule has 45 heavy (non-hydrogen) atoms. The molecule has 0 bridgehead atoms. The first kappa shape index (κ1) is 32.5. The lowest BCUT2D eigenvalue weighted by molar-refractivity contribution is -0.119. The van der Waals surface area contributed by atoms with E-state index in [-0.39, 0.29) is 24.4 Å². The molecule has 0 saturated carbocycles. The number of hydrogen-bond donors (Lipinski definition) is 5. The number of pyridine rings is 3. The molecule has 1 fully saturated rings. The number of halogens is 3. The molecule has 1 aliphatic rings. The average Bonchev–Trinajstić information content (AvgIpc) is 3.47. The van der Waals surface area contributed by atoms with Gasteiger partial charge >= 0.3 is 0 Å². The molecule has 5 N–H and O–H groups in total. The molecule has 0 radical (unpaired) electrons. The number of ether oxygens (including phenoxy) is 1. The average molecular weight is 655 g/mol. The van der Waals surface area contributed by atoms with Gasteiger partial charge in [0.15, 0.2) is 11.6 Å². The minimum absolute atomic E-state index is 0.0149. The van der Waals surface area contributed by atoms with E-state index >= 15 is 4.39 Å². The predicted molar refractivity (Wildman–Crippen MR) is 173 cm³/mol. The highest BCUT2D eigenvalue weighted by atomic mass is 35.5. The summed E-state index contributed by atoms with van der Waals surface area (Å²) in [5, 5.41) is 21.9. The number of methoxy groups -OCH3 is 1. The molecular weight excluding hydrogens is 620 g/mol. The Morgan fingerprint density at radius 1 is 1.02 bits per heavy atom. The molecule has 0 aliphatic carbocycles. The van der Waals surface area contributed by atoms with Crippen molar-refractivity contribution in [3.63, 3.8) is 0 Å². The Morgan fingerprint density at radius 3 is 2.64 bits per heavy atom. The summed E-state index contributed by atoms with van der Waals surface area (Å²) >= 11 is 13.8. The van der Waals surface area contributed by atoms with Gasteiger partial charge in [-0.3, -0.25) is 9.78 Å². The molecule has 236 valence electrons. The van der Waals surface area contributed by atoms with E-state index in [4.69, 9.17) is 38.0 Å². The molecule has 0 spiro atoms. The highest BCUT2D eigenvalue weighted by Gasteiger charge is 2.21. The summed E-state index contributed by atoms with van der Waals surface area (Å²) < 4.78 is 20.8. The number of hydrogen-bond acceptors (Lipinski definition) is 9. The minimum Gasteiger partial charge on any atom is -0.481 e. The fourth-order valence-electron chi connectivity index (χ4n) is 5.10. The SMILES string of the molecule is COc1nc(-c2ccnc(-c3cccc(Nc4nccc(CCNCCO)c4F)c3Cl)c2Cl)ccc1CNC[C@@H]1CCC(=O)N1. The van der Waals surface area contributed by atoms with Crippen molar-refractivity contribution >= 4 is 40.6 Å². The maximum Gasteiger partial charge on any atom is 0.220 e. The zero-order chi connectivity index (χ0) is 31.8. The summed E-state index contributed by atoms with van der Waals surface area (Å²) in [6.45, 7) is 2.14. The molecule has 1 aromatic carbocycles. The van der Waals surface area contributed by atoms with E-state index in [1.54, 1.807) is 43.6 Å². The van der Waals surface area contributed by atoms with Crippen molar-refractivity contribution in [1.29, 1.82) is 0 Å². The normalized spacial score (nSPS) is 14.4. The summed E-state index contributed by atoms with van der Waals surface area (Å²) in [6.07, 6.45) is 4.96. The molecule has 5 rings (SSSR count). The van der Waals surface area contributed by atoms with E-state index in [2.05, 4.69) is 31.2 Å². The first-order valence-electron chi connectivity index (χ1n) is 14.6. The number of aromatic nitrogens is 3. The molecule has 4 heterocycles.